The molecule has 0 amide bonds. The van der Waals surface area contributed by atoms with Gasteiger partial charge in [0, 0.05) is 9.50 Å². The molecule has 2 aromatic carbocycles. The third-order valence-electron chi connectivity index (χ3n) is 2.81. The zero-order chi connectivity index (χ0) is 17.7. The van der Waals surface area contributed by atoms with Gasteiger partial charge in [-0.3, -0.25) is 0 Å². The third-order valence-corrected chi connectivity index (χ3v) is 4.16. The minimum atomic E-state index is -0.663. The summed E-state index contributed by atoms with van der Waals surface area (Å²) in [5.41, 5.74) is 0.132. The molecule has 0 saturated heterocycles. The zero-order valence-corrected chi connectivity index (χ0v) is 16.3. The number of halogens is 3. The average Bonchev–Trinajstić information content (AvgIpc) is 2.55. The van der Waals surface area contributed by atoms with Crippen molar-refractivity contribution in [2.24, 2.45) is 0 Å². The Labute approximate surface area is 160 Å². The minimum Gasteiger partial charge on any atom is -0.481 e. The normalized spacial score (nSPS) is 10.2. The lowest BCUT2D eigenvalue weighted by Gasteiger charge is -2.11. The molecule has 0 atom stereocenters. The number of ether oxygens (including phenoxy) is 3. The fourth-order valence-electron chi connectivity index (χ4n) is 1.74. The van der Waals surface area contributed by atoms with Crippen LogP contribution < -0.4 is 9.47 Å². The summed E-state index contributed by atoms with van der Waals surface area (Å²) in [7, 11) is 1.25. The van der Waals surface area contributed by atoms with Crippen LogP contribution in [0, 0.1) is 0 Å². The number of hydrogen-bond acceptors (Lipinski definition) is 5. The smallest absolute Gasteiger partial charge is 0.349 e. The first kappa shape index (κ1) is 18.8. The molecule has 0 bridgehead atoms. The van der Waals surface area contributed by atoms with Gasteiger partial charge >= 0.3 is 11.9 Å². The van der Waals surface area contributed by atoms with Gasteiger partial charge in [-0.15, -0.1) is 0 Å². The highest BCUT2D eigenvalue weighted by Crippen LogP contribution is 2.28. The van der Waals surface area contributed by atoms with Gasteiger partial charge in [0.05, 0.1) is 11.6 Å². The summed E-state index contributed by atoms with van der Waals surface area (Å²) in [6, 6.07) is 9.55. The molecule has 2 rings (SSSR count). The second-order valence-electron chi connectivity index (χ2n) is 4.47. The first-order chi connectivity index (χ1) is 11.4. The highest BCUT2D eigenvalue weighted by atomic mass is 79.9. The Bertz CT molecular complexity index is 779. The summed E-state index contributed by atoms with van der Waals surface area (Å²) >= 11 is 12.4. The summed E-state index contributed by atoms with van der Waals surface area (Å²) < 4.78 is 16.5. The number of rotatable bonds is 5. The van der Waals surface area contributed by atoms with E-state index in [4.69, 9.17) is 21.1 Å². The maximum absolute atomic E-state index is 12.0. The van der Waals surface area contributed by atoms with E-state index < -0.39 is 11.9 Å². The van der Waals surface area contributed by atoms with Crippen LogP contribution in [-0.2, 0) is 9.53 Å². The molecule has 0 aliphatic heterocycles. The Kier molecular flexibility index (Phi) is 6.65. The molecular formula is C16H11Br2ClO5. The fourth-order valence-corrected chi connectivity index (χ4v) is 2.90. The molecule has 0 N–H and O–H groups in total. The summed E-state index contributed by atoms with van der Waals surface area (Å²) in [5.74, 6) is -0.737. The van der Waals surface area contributed by atoms with Crippen molar-refractivity contribution in [3.63, 3.8) is 0 Å². The van der Waals surface area contributed by atoms with Crippen LogP contribution in [-0.4, -0.2) is 25.7 Å². The molecule has 24 heavy (non-hydrogen) atoms. The van der Waals surface area contributed by atoms with Crippen LogP contribution in [0.1, 0.15) is 10.4 Å². The summed E-state index contributed by atoms with van der Waals surface area (Å²) in [5, 5.41) is 0.536. The van der Waals surface area contributed by atoms with Gasteiger partial charge in [-0.2, -0.15) is 0 Å². The Balaban J connectivity index is 2.06. The average molecular weight is 479 g/mol. The van der Waals surface area contributed by atoms with E-state index in [1.54, 1.807) is 24.3 Å². The van der Waals surface area contributed by atoms with Crippen LogP contribution in [0.15, 0.2) is 45.3 Å². The third kappa shape index (κ3) is 4.96. The van der Waals surface area contributed by atoms with Crippen molar-refractivity contribution in [1.29, 1.82) is 0 Å². The van der Waals surface area contributed by atoms with Gasteiger partial charge in [-0.1, -0.05) is 27.5 Å². The van der Waals surface area contributed by atoms with Gasteiger partial charge < -0.3 is 14.2 Å². The molecule has 0 aliphatic rings. The molecule has 0 saturated carbocycles. The molecule has 5 nitrogen and oxygen atoms in total. The topological polar surface area (TPSA) is 61.8 Å². The fraction of sp³-hybridized carbons (Fsp3) is 0.125. The molecule has 0 aliphatic carbocycles. The Morgan fingerprint density at radius 2 is 1.79 bits per heavy atom. The van der Waals surface area contributed by atoms with Crippen molar-refractivity contribution in [2.45, 2.75) is 0 Å². The van der Waals surface area contributed by atoms with Gasteiger partial charge in [-0.25, -0.2) is 9.59 Å². The first-order valence-electron chi connectivity index (χ1n) is 6.57. The molecule has 0 radical (unpaired) electrons. The molecule has 0 spiro atoms. The van der Waals surface area contributed by atoms with Crippen molar-refractivity contribution in [1.82, 2.24) is 0 Å². The SMILES string of the molecule is COC(=O)c1cc(Br)ccc1OC(=O)COc1ccc(Cl)cc1Br. The van der Waals surface area contributed by atoms with E-state index in [1.165, 1.54) is 19.2 Å². The monoisotopic (exact) mass is 476 g/mol. The van der Waals surface area contributed by atoms with Crippen molar-refractivity contribution >= 4 is 55.4 Å². The summed E-state index contributed by atoms with van der Waals surface area (Å²) in [6.45, 7) is -0.336. The molecule has 2 aromatic rings. The van der Waals surface area contributed by atoms with Crippen LogP contribution in [0.2, 0.25) is 5.02 Å². The number of esters is 2. The van der Waals surface area contributed by atoms with E-state index >= 15 is 0 Å². The molecule has 8 heteroatoms. The van der Waals surface area contributed by atoms with Crippen molar-refractivity contribution in [3.8, 4) is 11.5 Å². The predicted molar refractivity (Wildman–Crippen MR) is 95.8 cm³/mol. The minimum absolute atomic E-state index is 0.0915. The van der Waals surface area contributed by atoms with Gasteiger partial charge in [0.25, 0.3) is 0 Å². The van der Waals surface area contributed by atoms with Crippen LogP contribution in [0.3, 0.4) is 0 Å². The number of carbonyl (C=O) groups excluding carboxylic acids is 2. The van der Waals surface area contributed by atoms with Gasteiger partial charge in [0.15, 0.2) is 6.61 Å². The van der Waals surface area contributed by atoms with Gasteiger partial charge in [-0.05, 0) is 52.3 Å². The largest absolute Gasteiger partial charge is 0.481 e. The maximum Gasteiger partial charge on any atom is 0.349 e. The van der Waals surface area contributed by atoms with E-state index in [0.717, 1.165) is 0 Å². The Morgan fingerprint density at radius 3 is 2.46 bits per heavy atom. The molecule has 0 aromatic heterocycles. The Morgan fingerprint density at radius 1 is 1.08 bits per heavy atom. The van der Waals surface area contributed by atoms with Crippen LogP contribution in [0.25, 0.3) is 0 Å². The molecule has 0 fully saturated rings. The molecule has 0 unspecified atom stereocenters. The second-order valence-corrected chi connectivity index (χ2v) is 6.68. The van der Waals surface area contributed by atoms with Crippen LogP contribution in [0.5, 0.6) is 11.5 Å². The lowest BCUT2D eigenvalue weighted by Crippen LogP contribution is -2.19. The van der Waals surface area contributed by atoms with E-state index in [-0.39, 0.29) is 17.9 Å². The van der Waals surface area contributed by atoms with Gasteiger partial charge in [0.2, 0.25) is 0 Å². The number of methoxy groups -OCH3 is 1. The summed E-state index contributed by atoms with van der Waals surface area (Å²) in [6.07, 6.45) is 0. The molecule has 126 valence electrons. The zero-order valence-electron chi connectivity index (χ0n) is 12.3. The van der Waals surface area contributed by atoms with Crippen LogP contribution >= 0.6 is 43.5 Å². The van der Waals surface area contributed by atoms with Crippen molar-refractivity contribution < 1.29 is 23.8 Å². The van der Waals surface area contributed by atoms with Crippen molar-refractivity contribution in [3.05, 3.63) is 55.9 Å². The second kappa shape index (κ2) is 8.50. The maximum atomic E-state index is 12.0. The first-order valence-corrected chi connectivity index (χ1v) is 8.53. The lowest BCUT2D eigenvalue weighted by atomic mass is 10.2. The number of carbonyl (C=O) groups is 2. The van der Waals surface area contributed by atoms with E-state index in [1.807, 2.05) is 0 Å². The predicted octanol–water partition coefficient (Wildman–Crippen LogP) is 4.64. The molecular weight excluding hydrogens is 467 g/mol. The highest BCUT2D eigenvalue weighted by molar-refractivity contribution is 9.10. The van der Waals surface area contributed by atoms with E-state index in [0.29, 0.717) is 19.7 Å². The Hall–Kier alpha value is -1.57. The summed E-state index contributed by atoms with van der Waals surface area (Å²) in [4.78, 5) is 23.7. The van der Waals surface area contributed by atoms with Crippen molar-refractivity contribution in [2.75, 3.05) is 13.7 Å². The molecule has 0 heterocycles. The lowest BCUT2D eigenvalue weighted by molar-refractivity contribution is -0.136. The number of benzene rings is 2. The van der Waals surface area contributed by atoms with E-state index in [2.05, 4.69) is 36.6 Å². The quantitative estimate of drug-likeness (QED) is 0.463. The van der Waals surface area contributed by atoms with Crippen LogP contribution in [0.4, 0.5) is 0 Å². The number of hydrogen-bond donors (Lipinski definition) is 0. The highest BCUT2D eigenvalue weighted by Gasteiger charge is 2.17. The standard InChI is InChI=1S/C16H11Br2ClO5/c1-22-16(21)11-6-9(17)2-4-13(11)24-15(20)8-23-14-5-3-10(19)7-12(14)18/h2-7H,8H2,1H3. The van der Waals surface area contributed by atoms with E-state index in [9.17, 15) is 9.59 Å². The van der Waals surface area contributed by atoms with Gasteiger partial charge in [0.1, 0.15) is 17.1 Å².